The molecule has 4 nitrogen and oxygen atoms in total. The van der Waals surface area contributed by atoms with Crippen LogP contribution in [0, 0.1) is 0 Å². The van der Waals surface area contributed by atoms with Gasteiger partial charge < -0.3 is 4.74 Å². The molecule has 0 heterocycles. The number of benzene rings is 2. The number of hydrogen-bond acceptors (Lipinski definition) is 3. The summed E-state index contributed by atoms with van der Waals surface area (Å²) >= 11 is 0. The molecule has 1 unspecified atom stereocenters. The Hall–Kier alpha value is -1.85. The number of hydrogen-bond donors (Lipinski definition) is 1. The van der Waals surface area contributed by atoms with E-state index in [0.29, 0.717) is 5.92 Å². The number of sulfonamides is 1. The summed E-state index contributed by atoms with van der Waals surface area (Å²) in [5, 5.41) is 0. The third kappa shape index (κ3) is 4.56. The minimum Gasteiger partial charge on any atom is -0.497 e. The van der Waals surface area contributed by atoms with Gasteiger partial charge in [0.25, 0.3) is 0 Å². The zero-order chi connectivity index (χ0) is 16.9. The van der Waals surface area contributed by atoms with Gasteiger partial charge in [-0.1, -0.05) is 38.1 Å². The van der Waals surface area contributed by atoms with Crippen molar-refractivity contribution in [2.45, 2.75) is 37.6 Å². The first kappa shape index (κ1) is 17.5. The molecule has 1 N–H and O–H groups in total. The number of methoxy groups -OCH3 is 1. The second kappa shape index (κ2) is 7.62. The van der Waals surface area contributed by atoms with E-state index in [9.17, 15) is 8.42 Å². The van der Waals surface area contributed by atoms with Crippen molar-refractivity contribution in [2.75, 3.05) is 7.11 Å². The lowest BCUT2D eigenvalue weighted by atomic mass is 9.99. The molecule has 124 valence electrons. The van der Waals surface area contributed by atoms with Crippen LogP contribution < -0.4 is 9.46 Å². The molecule has 0 aliphatic rings. The molecule has 0 aliphatic heterocycles. The van der Waals surface area contributed by atoms with Crippen molar-refractivity contribution in [3.63, 3.8) is 0 Å². The van der Waals surface area contributed by atoms with Crippen LogP contribution in [0.3, 0.4) is 0 Å². The van der Waals surface area contributed by atoms with Crippen LogP contribution in [0.25, 0.3) is 0 Å². The topological polar surface area (TPSA) is 55.4 Å². The minimum absolute atomic E-state index is 0.249. The molecule has 0 amide bonds. The first-order valence-corrected chi connectivity index (χ1v) is 9.17. The smallest absolute Gasteiger partial charge is 0.240 e. The summed E-state index contributed by atoms with van der Waals surface area (Å²) in [4.78, 5) is 0.290. The van der Waals surface area contributed by atoms with Gasteiger partial charge in [-0.05, 0) is 47.7 Å². The Kier molecular flexibility index (Phi) is 5.80. The average molecular weight is 333 g/mol. The van der Waals surface area contributed by atoms with Crippen LogP contribution in [-0.2, 0) is 16.6 Å². The van der Waals surface area contributed by atoms with Gasteiger partial charge in [0.05, 0.1) is 12.0 Å². The summed E-state index contributed by atoms with van der Waals surface area (Å²) in [7, 11) is -1.91. The second-order valence-electron chi connectivity index (χ2n) is 5.55. The van der Waals surface area contributed by atoms with E-state index in [2.05, 4.69) is 18.6 Å². The lowest BCUT2D eigenvalue weighted by Gasteiger charge is -2.11. The highest BCUT2D eigenvalue weighted by Crippen LogP contribution is 2.20. The van der Waals surface area contributed by atoms with Gasteiger partial charge in [-0.3, -0.25) is 0 Å². The zero-order valence-electron chi connectivity index (χ0n) is 13.7. The largest absolute Gasteiger partial charge is 0.497 e. The van der Waals surface area contributed by atoms with E-state index in [4.69, 9.17) is 4.74 Å². The van der Waals surface area contributed by atoms with E-state index in [1.54, 1.807) is 19.2 Å². The van der Waals surface area contributed by atoms with Crippen molar-refractivity contribution >= 4 is 10.0 Å². The third-order valence-electron chi connectivity index (χ3n) is 4.00. The molecule has 0 bridgehead atoms. The van der Waals surface area contributed by atoms with Crippen LogP contribution in [0.2, 0.25) is 0 Å². The maximum absolute atomic E-state index is 12.3. The van der Waals surface area contributed by atoms with E-state index >= 15 is 0 Å². The highest BCUT2D eigenvalue weighted by molar-refractivity contribution is 7.89. The van der Waals surface area contributed by atoms with E-state index < -0.39 is 10.0 Å². The van der Waals surface area contributed by atoms with Crippen molar-refractivity contribution in [1.82, 2.24) is 4.72 Å². The van der Waals surface area contributed by atoms with Gasteiger partial charge in [0.1, 0.15) is 5.75 Å². The fourth-order valence-corrected chi connectivity index (χ4v) is 3.23. The SMILES string of the molecule is CCC(C)c1ccc(S(=O)(=O)NCc2ccc(OC)cc2)cc1. The van der Waals surface area contributed by atoms with Gasteiger partial charge in [0, 0.05) is 6.54 Å². The normalized spacial score (nSPS) is 12.8. The van der Waals surface area contributed by atoms with Crippen molar-refractivity contribution in [1.29, 1.82) is 0 Å². The fraction of sp³-hybridized carbons (Fsp3) is 0.333. The van der Waals surface area contributed by atoms with Gasteiger partial charge in [-0.15, -0.1) is 0 Å². The minimum atomic E-state index is -3.50. The summed E-state index contributed by atoms with van der Waals surface area (Å²) in [6.07, 6.45) is 1.03. The molecule has 0 fully saturated rings. The lowest BCUT2D eigenvalue weighted by molar-refractivity contribution is 0.414. The molecule has 2 aromatic rings. The van der Waals surface area contributed by atoms with Gasteiger partial charge in [-0.25, -0.2) is 13.1 Å². The molecule has 2 aromatic carbocycles. The molecule has 0 radical (unpaired) electrons. The standard InChI is InChI=1S/C18H23NO3S/c1-4-14(2)16-7-11-18(12-8-16)23(20,21)19-13-15-5-9-17(22-3)10-6-15/h5-12,14,19H,4,13H2,1-3H3. The first-order valence-electron chi connectivity index (χ1n) is 7.69. The predicted octanol–water partition coefficient (Wildman–Crippen LogP) is 3.69. The van der Waals surface area contributed by atoms with Crippen molar-refractivity contribution in [3.8, 4) is 5.75 Å². The summed E-state index contributed by atoms with van der Waals surface area (Å²) in [6, 6.07) is 14.4. The molecule has 1 atom stereocenters. The molecule has 0 saturated carbocycles. The molecule has 2 rings (SSSR count). The lowest BCUT2D eigenvalue weighted by Crippen LogP contribution is -2.23. The summed E-state index contributed by atoms with van der Waals surface area (Å²) < 4.78 is 32.4. The Labute approximate surface area is 138 Å². The highest BCUT2D eigenvalue weighted by atomic mass is 32.2. The maximum Gasteiger partial charge on any atom is 0.240 e. The van der Waals surface area contributed by atoms with Crippen LogP contribution in [0.4, 0.5) is 0 Å². The van der Waals surface area contributed by atoms with Gasteiger partial charge >= 0.3 is 0 Å². The van der Waals surface area contributed by atoms with Gasteiger partial charge in [0.15, 0.2) is 0 Å². The Morgan fingerprint density at radius 3 is 2.17 bits per heavy atom. The molecular formula is C18H23NO3S. The second-order valence-corrected chi connectivity index (χ2v) is 7.32. The molecule has 0 saturated heterocycles. The van der Waals surface area contributed by atoms with Gasteiger partial charge in [-0.2, -0.15) is 0 Å². The summed E-state index contributed by atoms with van der Waals surface area (Å²) in [5.74, 6) is 1.18. The number of nitrogens with one attached hydrogen (secondary N) is 1. The van der Waals surface area contributed by atoms with Crippen molar-refractivity contribution < 1.29 is 13.2 Å². The van der Waals surface area contributed by atoms with Crippen LogP contribution in [0.15, 0.2) is 53.4 Å². The molecule has 5 heteroatoms. The predicted molar refractivity (Wildman–Crippen MR) is 92.2 cm³/mol. The van der Waals surface area contributed by atoms with Crippen LogP contribution >= 0.6 is 0 Å². The third-order valence-corrected chi connectivity index (χ3v) is 5.41. The van der Waals surface area contributed by atoms with E-state index in [-0.39, 0.29) is 11.4 Å². The zero-order valence-corrected chi connectivity index (χ0v) is 14.6. The van der Waals surface area contributed by atoms with Crippen molar-refractivity contribution in [3.05, 3.63) is 59.7 Å². The fourth-order valence-electron chi connectivity index (χ4n) is 2.22. The van der Waals surface area contributed by atoms with Crippen LogP contribution in [0.1, 0.15) is 37.3 Å². The van der Waals surface area contributed by atoms with Crippen molar-refractivity contribution in [2.24, 2.45) is 0 Å². The molecular weight excluding hydrogens is 310 g/mol. The quantitative estimate of drug-likeness (QED) is 0.841. The Morgan fingerprint density at radius 2 is 1.65 bits per heavy atom. The maximum atomic E-state index is 12.3. The summed E-state index contributed by atoms with van der Waals surface area (Å²) in [5.41, 5.74) is 2.03. The van der Waals surface area contributed by atoms with E-state index in [0.717, 1.165) is 23.3 Å². The highest BCUT2D eigenvalue weighted by Gasteiger charge is 2.14. The Balaban J connectivity index is 2.05. The number of rotatable bonds is 7. The molecule has 0 spiro atoms. The molecule has 23 heavy (non-hydrogen) atoms. The van der Waals surface area contributed by atoms with Crippen LogP contribution in [-0.4, -0.2) is 15.5 Å². The first-order chi connectivity index (χ1) is 11.0. The Morgan fingerprint density at radius 1 is 1.04 bits per heavy atom. The van der Waals surface area contributed by atoms with E-state index in [1.807, 2.05) is 36.4 Å². The average Bonchev–Trinajstić information content (AvgIpc) is 2.60. The molecule has 0 aliphatic carbocycles. The van der Waals surface area contributed by atoms with Crippen LogP contribution in [0.5, 0.6) is 5.75 Å². The monoisotopic (exact) mass is 333 g/mol. The Bertz CT molecular complexity index is 722. The molecule has 0 aromatic heterocycles. The summed E-state index contributed by atoms with van der Waals surface area (Å²) in [6.45, 7) is 4.50. The van der Waals surface area contributed by atoms with Gasteiger partial charge in [0.2, 0.25) is 10.0 Å². The van der Waals surface area contributed by atoms with E-state index in [1.165, 1.54) is 0 Å². The number of ether oxygens (including phenoxy) is 1.